The predicted molar refractivity (Wildman–Crippen MR) is 161 cm³/mol. The fourth-order valence-corrected chi connectivity index (χ4v) is 5.15. The highest BCUT2D eigenvalue weighted by Gasteiger charge is 2.32. The lowest BCUT2D eigenvalue weighted by Gasteiger charge is -2.35. The highest BCUT2D eigenvalue weighted by Crippen LogP contribution is 2.38. The first-order valence-electron chi connectivity index (χ1n) is 15.0. The van der Waals surface area contributed by atoms with E-state index in [0.29, 0.717) is 13.2 Å². The van der Waals surface area contributed by atoms with E-state index in [1.807, 2.05) is 27.7 Å². The summed E-state index contributed by atoms with van der Waals surface area (Å²) < 4.78 is 11.0. The molecule has 0 aliphatic heterocycles. The fourth-order valence-electron chi connectivity index (χ4n) is 5.15. The summed E-state index contributed by atoms with van der Waals surface area (Å²) in [6.45, 7) is 30.5. The molecule has 224 valence electrons. The van der Waals surface area contributed by atoms with Crippen LogP contribution in [0.1, 0.15) is 155 Å². The van der Waals surface area contributed by atoms with E-state index >= 15 is 0 Å². The number of rotatable bonds is 17. The van der Waals surface area contributed by atoms with Crippen molar-refractivity contribution in [2.45, 2.75) is 161 Å². The van der Waals surface area contributed by atoms with Gasteiger partial charge >= 0.3 is 11.9 Å². The molecule has 0 aliphatic rings. The summed E-state index contributed by atoms with van der Waals surface area (Å²) in [5, 5.41) is 0. The van der Waals surface area contributed by atoms with E-state index in [-0.39, 0.29) is 28.1 Å². The predicted octanol–water partition coefficient (Wildman–Crippen LogP) is 9.11. The van der Waals surface area contributed by atoms with Crippen LogP contribution in [0, 0.1) is 21.7 Å². The van der Waals surface area contributed by atoms with Gasteiger partial charge in [-0.25, -0.2) is 0 Å². The van der Waals surface area contributed by atoms with Crippen LogP contribution in [0.15, 0.2) is 0 Å². The third-order valence-corrected chi connectivity index (χ3v) is 6.25. The zero-order valence-electron chi connectivity index (χ0n) is 27.6. The third-order valence-electron chi connectivity index (χ3n) is 6.25. The molecular weight excluding hydrogens is 462 g/mol. The Morgan fingerprint density at radius 2 is 1.00 bits per heavy atom. The van der Waals surface area contributed by atoms with Gasteiger partial charge in [-0.3, -0.25) is 9.59 Å². The maximum atomic E-state index is 12.4. The van der Waals surface area contributed by atoms with Crippen molar-refractivity contribution in [2.75, 3.05) is 13.2 Å². The van der Waals surface area contributed by atoms with Gasteiger partial charge in [-0.05, 0) is 47.3 Å². The van der Waals surface area contributed by atoms with E-state index in [1.165, 1.54) is 25.7 Å². The molecule has 0 aromatic carbocycles. The van der Waals surface area contributed by atoms with E-state index < -0.39 is 18.0 Å². The van der Waals surface area contributed by atoms with E-state index in [0.717, 1.165) is 25.7 Å². The average Bonchev–Trinajstić information content (AvgIpc) is 2.80. The zero-order chi connectivity index (χ0) is 29.9. The highest BCUT2D eigenvalue weighted by molar-refractivity contribution is 5.82. The number of unbranched alkanes of at least 4 members (excludes halogenated alkanes) is 2. The number of nitrogens with two attached hydrogens (primary N) is 1. The van der Waals surface area contributed by atoms with Crippen molar-refractivity contribution in [3.8, 4) is 0 Å². The molecule has 0 amide bonds. The maximum absolute atomic E-state index is 12.4. The quantitative estimate of drug-likeness (QED) is 0.190. The van der Waals surface area contributed by atoms with Crippen molar-refractivity contribution in [3.63, 3.8) is 0 Å². The van der Waals surface area contributed by atoms with Gasteiger partial charge in [0.1, 0.15) is 6.04 Å². The van der Waals surface area contributed by atoms with Gasteiger partial charge in [-0.1, -0.05) is 123 Å². The zero-order valence-corrected chi connectivity index (χ0v) is 27.6. The Balaban J connectivity index is -0.00000274. The van der Waals surface area contributed by atoms with Gasteiger partial charge in [-0.2, -0.15) is 0 Å². The monoisotopic (exact) mass is 530 g/mol. The molecule has 0 fully saturated rings. The molecule has 0 spiro atoms. The van der Waals surface area contributed by atoms with Crippen molar-refractivity contribution >= 4 is 11.9 Å². The van der Waals surface area contributed by atoms with Crippen LogP contribution >= 0.6 is 0 Å². The van der Waals surface area contributed by atoms with Crippen molar-refractivity contribution < 1.29 is 19.1 Å². The lowest BCUT2D eigenvalue weighted by molar-refractivity contribution is -0.155. The van der Waals surface area contributed by atoms with Crippen molar-refractivity contribution in [1.82, 2.24) is 0 Å². The Morgan fingerprint density at radius 3 is 1.35 bits per heavy atom. The lowest BCUT2D eigenvalue weighted by Crippen LogP contribution is -2.38. The van der Waals surface area contributed by atoms with Gasteiger partial charge < -0.3 is 15.2 Å². The third kappa shape index (κ3) is 22.6. The molecule has 0 heterocycles. The van der Waals surface area contributed by atoms with E-state index in [4.69, 9.17) is 15.2 Å². The van der Waals surface area contributed by atoms with E-state index in [9.17, 15) is 9.59 Å². The molecule has 1 unspecified atom stereocenters. The average molecular weight is 530 g/mol. The van der Waals surface area contributed by atoms with Crippen LogP contribution in [0.5, 0.6) is 0 Å². The lowest BCUT2D eigenvalue weighted by atomic mass is 9.73. The number of carbonyl (C=O) groups is 2. The number of esters is 2. The Labute approximate surface area is 232 Å². The normalized spacial score (nSPS) is 12.9. The van der Waals surface area contributed by atoms with Crippen LogP contribution in [0.3, 0.4) is 0 Å². The topological polar surface area (TPSA) is 78.6 Å². The number of hydrogen-bond donors (Lipinski definition) is 1. The van der Waals surface area contributed by atoms with Crippen LogP contribution in [0.25, 0.3) is 0 Å². The van der Waals surface area contributed by atoms with Gasteiger partial charge in [0.2, 0.25) is 0 Å². The second kappa shape index (κ2) is 19.9. The summed E-state index contributed by atoms with van der Waals surface area (Å²) in [7, 11) is 0. The van der Waals surface area contributed by atoms with Crippen LogP contribution in [-0.4, -0.2) is 31.2 Å². The standard InChI is InChI=1S/C28H55NO4.2C2H6/c1-11-13-15-25(3,4)18-27(7,8)20-32-23(30)17-22(29)24(31)33-21-28(9,10)19-26(5,6)16-14-12-2;2*1-2/h22H,11-21,29H2,1-10H3;2*1-2H3. The minimum Gasteiger partial charge on any atom is -0.465 e. The molecule has 0 aliphatic carbocycles. The largest absolute Gasteiger partial charge is 0.465 e. The molecule has 0 rings (SSSR count). The second-order valence-electron chi connectivity index (χ2n) is 13.3. The van der Waals surface area contributed by atoms with Crippen molar-refractivity contribution in [2.24, 2.45) is 27.4 Å². The summed E-state index contributed by atoms with van der Waals surface area (Å²) in [5.74, 6) is -0.981. The SMILES string of the molecule is CC.CC.CCCCC(C)(C)CC(C)(C)COC(=O)CC(N)C(=O)OCC(C)(C)CC(C)(C)CCCC. The fraction of sp³-hybridized carbons (Fsp3) is 0.938. The van der Waals surface area contributed by atoms with Crippen LogP contribution < -0.4 is 5.73 Å². The number of hydrogen-bond acceptors (Lipinski definition) is 5. The van der Waals surface area contributed by atoms with Crippen molar-refractivity contribution in [3.05, 3.63) is 0 Å². The maximum Gasteiger partial charge on any atom is 0.323 e. The van der Waals surface area contributed by atoms with Gasteiger partial charge in [0, 0.05) is 0 Å². The smallest absolute Gasteiger partial charge is 0.323 e. The minimum absolute atomic E-state index is 0.133. The van der Waals surface area contributed by atoms with E-state index in [2.05, 4.69) is 69.2 Å². The first kappa shape index (κ1) is 40.4. The molecule has 0 radical (unpaired) electrons. The Hall–Kier alpha value is -1.10. The highest BCUT2D eigenvalue weighted by atomic mass is 16.5. The molecule has 37 heavy (non-hydrogen) atoms. The number of carbonyl (C=O) groups excluding carboxylic acids is 2. The first-order valence-corrected chi connectivity index (χ1v) is 15.0. The molecule has 0 aromatic heterocycles. The van der Waals surface area contributed by atoms with Crippen molar-refractivity contribution in [1.29, 1.82) is 0 Å². The first-order chi connectivity index (χ1) is 16.9. The summed E-state index contributed by atoms with van der Waals surface area (Å²) >= 11 is 0. The van der Waals surface area contributed by atoms with Gasteiger partial charge in [0.25, 0.3) is 0 Å². The van der Waals surface area contributed by atoms with Gasteiger partial charge in [0.05, 0.1) is 19.6 Å². The molecule has 0 saturated heterocycles. The molecule has 2 N–H and O–H groups in total. The van der Waals surface area contributed by atoms with Crippen LogP contribution in [0.4, 0.5) is 0 Å². The molecular formula is C32H67NO4. The van der Waals surface area contributed by atoms with Crippen LogP contribution in [-0.2, 0) is 19.1 Å². The molecule has 5 heteroatoms. The molecule has 0 aromatic rings. The summed E-state index contributed by atoms with van der Waals surface area (Å²) in [6, 6.07) is -0.995. The minimum atomic E-state index is -0.995. The van der Waals surface area contributed by atoms with Gasteiger partial charge in [0.15, 0.2) is 0 Å². The Morgan fingerprint density at radius 1 is 0.649 bits per heavy atom. The summed E-state index contributed by atoms with van der Waals surface area (Å²) in [6.07, 6.45) is 8.83. The molecule has 1 atom stereocenters. The Bertz CT molecular complexity index is 594. The Kier molecular flexibility index (Phi) is 21.7. The molecule has 5 nitrogen and oxygen atoms in total. The number of ether oxygens (including phenoxy) is 2. The van der Waals surface area contributed by atoms with Crippen LogP contribution in [0.2, 0.25) is 0 Å². The summed E-state index contributed by atoms with van der Waals surface area (Å²) in [4.78, 5) is 24.7. The molecule has 0 bridgehead atoms. The molecule has 0 saturated carbocycles. The second-order valence-corrected chi connectivity index (χ2v) is 13.3. The van der Waals surface area contributed by atoms with E-state index in [1.54, 1.807) is 0 Å². The van der Waals surface area contributed by atoms with Gasteiger partial charge in [-0.15, -0.1) is 0 Å². The summed E-state index contributed by atoms with van der Waals surface area (Å²) in [5.41, 5.74) is 6.07.